The molecule has 3 fully saturated rings. The van der Waals surface area contributed by atoms with Crippen LogP contribution in [0.1, 0.15) is 100.0 Å². The van der Waals surface area contributed by atoms with Crippen LogP contribution in [0.4, 0.5) is 0 Å². The van der Waals surface area contributed by atoms with Crippen molar-refractivity contribution in [2.45, 2.75) is 95.5 Å². The fourth-order valence-electron chi connectivity index (χ4n) is 5.61. The van der Waals surface area contributed by atoms with Crippen LogP contribution in [0, 0.1) is 0 Å². The van der Waals surface area contributed by atoms with Crippen LogP contribution in [-0.4, -0.2) is 52.0 Å². The van der Waals surface area contributed by atoms with E-state index in [0.717, 1.165) is 37.1 Å². The molecule has 1 spiro atoms. The third-order valence-electron chi connectivity index (χ3n) is 7.58. The lowest BCUT2D eigenvalue weighted by Gasteiger charge is -2.48. The number of ether oxygens (including phenoxy) is 2. The number of hydrogen-bond acceptors (Lipinski definition) is 4. The van der Waals surface area contributed by atoms with E-state index in [4.69, 9.17) is 14.6 Å². The van der Waals surface area contributed by atoms with Crippen molar-refractivity contribution < 1.29 is 14.3 Å². The number of likely N-dealkylation sites (tertiary alicyclic amines) is 1. The average molecular weight is 466 g/mol. The Kier molecular flexibility index (Phi) is 6.32. The number of rotatable bonds is 5. The van der Waals surface area contributed by atoms with E-state index in [0.29, 0.717) is 25.6 Å². The number of hydrogen-bond donors (Lipinski definition) is 0. The van der Waals surface area contributed by atoms with E-state index < -0.39 is 0 Å². The van der Waals surface area contributed by atoms with Gasteiger partial charge < -0.3 is 14.4 Å². The van der Waals surface area contributed by atoms with E-state index in [9.17, 15) is 4.79 Å². The van der Waals surface area contributed by atoms with Crippen molar-refractivity contribution in [3.63, 3.8) is 0 Å². The molecule has 1 aromatic carbocycles. The Hall–Kier alpha value is -2.18. The van der Waals surface area contributed by atoms with Crippen LogP contribution >= 0.6 is 0 Å². The highest BCUT2D eigenvalue weighted by atomic mass is 16.5. The molecule has 3 heterocycles. The summed E-state index contributed by atoms with van der Waals surface area (Å²) in [7, 11) is 0. The van der Waals surface area contributed by atoms with Crippen LogP contribution in [0.5, 0.6) is 0 Å². The smallest absolute Gasteiger partial charge is 0.272 e. The van der Waals surface area contributed by atoms with Gasteiger partial charge in [0.2, 0.25) is 0 Å². The third-order valence-corrected chi connectivity index (χ3v) is 7.58. The van der Waals surface area contributed by atoms with Crippen molar-refractivity contribution in [2.24, 2.45) is 0 Å². The highest BCUT2D eigenvalue weighted by Crippen LogP contribution is 2.44. The molecule has 2 unspecified atom stereocenters. The van der Waals surface area contributed by atoms with E-state index >= 15 is 0 Å². The van der Waals surface area contributed by atoms with Gasteiger partial charge in [-0.2, -0.15) is 5.10 Å². The van der Waals surface area contributed by atoms with Gasteiger partial charge in [-0.15, -0.1) is 0 Å². The first-order valence-corrected chi connectivity index (χ1v) is 13.0. The number of amides is 1. The molecule has 2 atom stereocenters. The fourth-order valence-corrected chi connectivity index (χ4v) is 5.61. The van der Waals surface area contributed by atoms with Crippen LogP contribution < -0.4 is 0 Å². The van der Waals surface area contributed by atoms with Crippen LogP contribution in [0.15, 0.2) is 36.4 Å². The molecule has 0 N–H and O–H groups in total. The first kappa shape index (κ1) is 23.6. The van der Waals surface area contributed by atoms with Gasteiger partial charge in [0.1, 0.15) is 5.69 Å². The monoisotopic (exact) mass is 465 g/mol. The minimum Gasteiger partial charge on any atom is -0.378 e. The molecule has 6 nitrogen and oxygen atoms in total. The molecule has 1 saturated carbocycles. The zero-order chi connectivity index (χ0) is 23.9. The Labute approximate surface area is 203 Å². The third kappa shape index (κ3) is 4.80. The Bertz CT molecular complexity index is 998. The maximum absolute atomic E-state index is 13.6. The van der Waals surface area contributed by atoms with Gasteiger partial charge in [0.05, 0.1) is 29.0 Å². The fraction of sp³-hybridized carbons (Fsp3) is 0.643. The molecule has 6 heteroatoms. The minimum atomic E-state index is -0.237. The normalized spacial score (nSPS) is 25.0. The largest absolute Gasteiger partial charge is 0.378 e. The lowest BCUT2D eigenvalue weighted by atomic mass is 9.80. The Morgan fingerprint density at radius 1 is 1.18 bits per heavy atom. The van der Waals surface area contributed by atoms with Gasteiger partial charge in [-0.25, -0.2) is 0 Å². The van der Waals surface area contributed by atoms with E-state index in [1.54, 1.807) is 0 Å². The molecule has 1 aliphatic carbocycles. The molecule has 2 saturated heterocycles. The van der Waals surface area contributed by atoms with Gasteiger partial charge in [0.25, 0.3) is 5.91 Å². The van der Waals surface area contributed by atoms with Crippen LogP contribution in [0.2, 0.25) is 0 Å². The maximum Gasteiger partial charge on any atom is 0.272 e. The lowest BCUT2D eigenvalue weighted by molar-refractivity contribution is -0.190. The zero-order valence-corrected chi connectivity index (χ0v) is 21.1. The van der Waals surface area contributed by atoms with Gasteiger partial charge in [-0.05, 0) is 65.0 Å². The quantitative estimate of drug-likeness (QED) is 0.589. The number of piperidine rings is 1. The van der Waals surface area contributed by atoms with Gasteiger partial charge >= 0.3 is 0 Å². The van der Waals surface area contributed by atoms with E-state index in [-0.39, 0.29) is 29.3 Å². The summed E-state index contributed by atoms with van der Waals surface area (Å²) < 4.78 is 14.9. The standard InChI is InChI=1S/C28H39N3O3/c1-5-33-22-17-25(21-9-7-6-8-10-21)34-28(19-22)13-15-30(16-14-28)26(32)24-18-23(20-11-12-20)29-31(24)27(2,3)4/h6-10,18,20,22,25H,5,11-17,19H2,1-4H3. The van der Waals surface area contributed by atoms with Gasteiger partial charge in [-0.3, -0.25) is 9.48 Å². The highest BCUT2D eigenvalue weighted by Gasteiger charge is 2.45. The maximum atomic E-state index is 13.6. The molecule has 0 radical (unpaired) electrons. The number of benzene rings is 1. The number of carbonyl (C=O) groups excluding carboxylic acids is 1. The summed E-state index contributed by atoms with van der Waals surface area (Å²) >= 11 is 0. The second-order valence-electron chi connectivity index (χ2n) is 11.3. The Balaban J connectivity index is 1.32. The molecule has 2 aliphatic heterocycles. The van der Waals surface area contributed by atoms with Crippen molar-refractivity contribution in [1.29, 1.82) is 0 Å². The lowest BCUT2D eigenvalue weighted by Crippen LogP contribution is -2.53. The Morgan fingerprint density at radius 3 is 2.50 bits per heavy atom. The second kappa shape index (κ2) is 9.12. The molecule has 34 heavy (non-hydrogen) atoms. The summed E-state index contributed by atoms with van der Waals surface area (Å²) in [4.78, 5) is 15.7. The molecular formula is C28H39N3O3. The van der Waals surface area contributed by atoms with Crippen molar-refractivity contribution >= 4 is 5.91 Å². The molecule has 0 bridgehead atoms. The second-order valence-corrected chi connectivity index (χ2v) is 11.3. The molecule has 2 aromatic rings. The Morgan fingerprint density at radius 2 is 1.88 bits per heavy atom. The number of nitrogens with zero attached hydrogens (tertiary/aromatic N) is 3. The molecule has 184 valence electrons. The first-order chi connectivity index (χ1) is 16.3. The molecule has 1 amide bonds. The predicted octanol–water partition coefficient (Wildman–Crippen LogP) is 5.45. The van der Waals surface area contributed by atoms with Crippen LogP contribution in [0.25, 0.3) is 0 Å². The molecule has 3 aliphatic rings. The summed E-state index contributed by atoms with van der Waals surface area (Å²) in [5.41, 5.74) is 2.55. The number of aromatic nitrogens is 2. The van der Waals surface area contributed by atoms with E-state index in [1.807, 2.05) is 21.7 Å². The number of carbonyl (C=O) groups is 1. The van der Waals surface area contributed by atoms with Crippen molar-refractivity contribution in [3.05, 3.63) is 53.3 Å². The van der Waals surface area contributed by atoms with Crippen LogP contribution in [-0.2, 0) is 15.0 Å². The SMILES string of the molecule is CCOC1CC(c2ccccc2)OC2(CCN(C(=O)c3cc(C4CC4)nn3C(C)(C)C)CC2)C1. The summed E-state index contributed by atoms with van der Waals surface area (Å²) in [5, 5.41) is 4.84. The summed E-state index contributed by atoms with van der Waals surface area (Å²) in [6, 6.07) is 12.5. The van der Waals surface area contributed by atoms with E-state index in [2.05, 4.69) is 52.0 Å². The highest BCUT2D eigenvalue weighted by molar-refractivity contribution is 5.93. The summed E-state index contributed by atoms with van der Waals surface area (Å²) in [6.45, 7) is 10.5. The predicted molar refractivity (Wildman–Crippen MR) is 132 cm³/mol. The molecule has 5 rings (SSSR count). The van der Waals surface area contributed by atoms with Crippen LogP contribution in [0.3, 0.4) is 0 Å². The molecule has 1 aromatic heterocycles. The topological polar surface area (TPSA) is 56.6 Å². The first-order valence-electron chi connectivity index (χ1n) is 13.0. The molecular weight excluding hydrogens is 426 g/mol. The minimum absolute atomic E-state index is 0.0391. The van der Waals surface area contributed by atoms with Crippen molar-refractivity contribution in [2.75, 3.05) is 19.7 Å². The average Bonchev–Trinajstić information content (AvgIpc) is 3.56. The van der Waals surface area contributed by atoms with Crippen molar-refractivity contribution in [3.8, 4) is 0 Å². The van der Waals surface area contributed by atoms with Gasteiger partial charge in [-0.1, -0.05) is 30.3 Å². The van der Waals surface area contributed by atoms with E-state index in [1.165, 1.54) is 18.4 Å². The summed E-state index contributed by atoms with van der Waals surface area (Å²) in [5.74, 6) is 0.627. The zero-order valence-electron chi connectivity index (χ0n) is 21.1. The van der Waals surface area contributed by atoms with Crippen molar-refractivity contribution in [1.82, 2.24) is 14.7 Å². The van der Waals surface area contributed by atoms with Gasteiger partial charge in [0.15, 0.2) is 0 Å². The summed E-state index contributed by atoms with van der Waals surface area (Å²) in [6.07, 6.45) is 6.06. The van der Waals surface area contributed by atoms with Gasteiger partial charge in [0, 0.05) is 38.5 Å².